The lowest BCUT2D eigenvalue weighted by Crippen LogP contribution is -2.34. The molecule has 110 valence electrons. The van der Waals surface area contributed by atoms with E-state index in [-0.39, 0.29) is 17.8 Å². The molecule has 4 nitrogen and oxygen atoms in total. The van der Waals surface area contributed by atoms with Crippen LogP contribution in [0.2, 0.25) is 0 Å². The fraction of sp³-hybridized carbons (Fsp3) is 0.533. The predicted molar refractivity (Wildman–Crippen MR) is 72.6 cm³/mol. The molecule has 1 aromatic rings. The molecular formula is C15H20FNO3. The summed E-state index contributed by atoms with van der Waals surface area (Å²) in [4.78, 5) is 10.6. The second-order valence-corrected chi connectivity index (χ2v) is 5.27. The summed E-state index contributed by atoms with van der Waals surface area (Å²) in [7, 11) is 0. The van der Waals surface area contributed by atoms with Crippen molar-refractivity contribution >= 4 is 6.41 Å². The Labute approximate surface area is 118 Å². The molecular weight excluding hydrogens is 261 g/mol. The van der Waals surface area contributed by atoms with Crippen LogP contribution in [-0.2, 0) is 20.7 Å². The number of benzene rings is 1. The van der Waals surface area contributed by atoms with Crippen molar-refractivity contribution in [2.45, 2.75) is 32.6 Å². The van der Waals surface area contributed by atoms with Gasteiger partial charge in [0.25, 0.3) is 0 Å². The largest absolute Gasteiger partial charge is 0.355 e. The Bertz CT molecular complexity index is 458. The molecule has 0 aliphatic carbocycles. The molecule has 0 saturated carbocycles. The lowest BCUT2D eigenvalue weighted by Gasteiger charge is -2.20. The van der Waals surface area contributed by atoms with Gasteiger partial charge in [-0.25, -0.2) is 4.39 Å². The molecule has 5 heteroatoms. The van der Waals surface area contributed by atoms with Gasteiger partial charge in [0.1, 0.15) is 5.82 Å². The molecule has 2 rings (SSSR count). The minimum atomic E-state index is -0.599. The van der Waals surface area contributed by atoms with E-state index in [2.05, 4.69) is 5.32 Å². The van der Waals surface area contributed by atoms with Gasteiger partial charge in [0, 0.05) is 11.6 Å². The molecule has 1 unspecified atom stereocenters. The van der Waals surface area contributed by atoms with E-state index in [1.807, 2.05) is 19.9 Å². The first-order valence-corrected chi connectivity index (χ1v) is 6.83. The molecule has 1 aromatic carbocycles. The van der Waals surface area contributed by atoms with Crippen LogP contribution in [0, 0.1) is 11.7 Å². The van der Waals surface area contributed by atoms with E-state index >= 15 is 0 Å². The average Bonchev–Trinajstić information content (AvgIpc) is 2.92. The molecule has 1 aliphatic heterocycles. The predicted octanol–water partition coefficient (Wildman–Crippen LogP) is 2.18. The van der Waals surface area contributed by atoms with Crippen LogP contribution in [0.25, 0.3) is 0 Å². The number of ether oxygens (including phenoxy) is 2. The highest BCUT2D eigenvalue weighted by Crippen LogP contribution is 2.26. The maximum absolute atomic E-state index is 14.1. The van der Waals surface area contributed by atoms with E-state index in [0.29, 0.717) is 31.6 Å². The van der Waals surface area contributed by atoms with Gasteiger partial charge < -0.3 is 14.8 Å². The van der Waals surface area contributed by atoms with Gasteiger partial charge in [-0.3, -0.25) is 4.79 Å². The quantitative estimate of drug-likeness (QED) is 0.813. The monoisotopic (exact) mass is 281 g/mol. The fourth-order valence-electron chi connectivity index (χ4n) is 2.26. The van der Waals surface area contributed by atoms with Crippen molar-refractivity contribution in [3.05, 3.63) is 35.1 Å². The zero-order valence-corrected chi connectivity index (χ0v) is 11.8. The summed E-state index contributed by atoms with van der Waals surface area (Å²) < 4.78 is 24.7. The van der Waals surface area contributed by atoms with Crippen molar-refractivity contribution < 1.29 is 18.7 Å². The van der Waals surface area contributed by atoms with Gasteiger partial charge in [0.2, 0.25) is 6.41 Å². The summed E-state index contributed by atoms with van der Waals surface area (Å²) in [5.74, 6) is -0.0487. The van der Waals surface area contributed by atoms with Crippen LogP contribution in [-0.4, -0.2) is 25.7 Å². The van der Waals surface area contributed by atoms with Crippen molar-refractivity contribution in [3.8, 4) is 0 Å². The normalized spacial score (nSPS) is 17.4. The number of amides is 1. The third-order valence-corrected chi connectivity index (χ3v) is 3.48. The van der Waals surface area contributed by atoms with Crippen LogP contribution in [0.4, 0.5) is 4.39 Å². The number of nitrogens with one attached hydrogen (secondary N) is 1. The van der Waals surface area contributed by atoms with Crippen molar-refractivity contribution in [1.82, 2.24) is 5.32 Å². The van der Waals surface area contributed by atoms with Crippen molar-refractivity contribution in [3.63, 3.8) is 0 Å². The van der Waals surface area contributed by atoms with Crippen LogP contribution in [0.15, 0.2) is 18.2 Å². The zero-order chi connectivity index (χ0) is 14.5. The second-order valence-electron chi connectivity index (χ2n) is 5.27. The van der Waals surface area contributed by atoms with E-state index in [9.17, 15) is 9.18 Å². The van der Waals surface area contributed by atoms with Crippen molar-refractivity contribution in [2.24, 2.45) is 5.92 Å². The molecule has 0 bridgehead atoms. The Morgan fingerprint density at radius 2 is 2.10 bits per heavy atom. The first kappa shape index (κ1) is 14.9. The van der Waals surface area contributed by atoms with Gasteiger partial charge in [-0.1, -0.05) is 26.0 Å². The van der Waals surface area contributed by atoms with Gasteiger partial charge in [-0.05, 0) is 24.0 Å². The smallest absolute Gasteiger partial charge is 0.207 e. The average molecular weight is 281 g/mol. The number of carbonyl (C=O) groups excluding carboxylic acids is 1. The van der Waals surface area contributed by atoms with Gasteiger partial charge in [-0.15, -0.1) is 0 Å². The van der Waals surface area contributed by atoms with E-state index in [0.717, 1.165) is 5.56 Å². The van der Waals surface area contributed by atoms with Crippen LogP contribution in [0.1, 0.15) is 31.3 Å². The number of hydrogen-bond acceptors (Lipinski definition) is 3. The first-order valence-electron chi connectivity index (χ1n) is 6.83. The Morgan fingerprint density at radius 3 is 2.65 bits per heavy atom. The minimum Gasteiger partial charge on any atom is -0.355 e. The SMILES string of the molecule is CC(C)C(Cc1ccc(C2OCCO2)c(F)c1)NC=O. The van der Waals surface area contributed by atoms with Crippen LogP contribution in [0.3, 0.4) is 0 Å². The Hall–Kier alpha value is -1.46. The van der Waals surface area contributed by atoms with E-state index in [1.54, 1.807) is 6.07 Å². The number of rotatable bonds is 6. The third kappa shape index (κ3) is 3.55. The summed E-state index contributed by atoms with van der Waals surface area (Å²) in [6.45, 7) is 5.02. The summed E-state index contributed by atoms with van der Waals surface area (Å²) in [5.41, 5.74) is 1.27. The van der Waals surface area contributed by atoms with Crippen molar-refractivity contribution in [1.29, 1.82) is 0 Å². The summed E-state index contributed by atoms with van der Waals surface area (Å²) in [6, 6.07) is 5.03. The summed E-state index contributed by atoms with van der Waals surface area (Å²) in [6.07, 6.45) is 0.688. The highest BCUT2D eigenvalue weighted by Gasteiger charge is 2.22. The molecule has 1 atom stereocenters. The Morgan fingerprint density at radius 1 is 1.40 bits per heavy atom. The third-order valence-electron chi connectivity index (χ3n) is 3.48. The van der Waals surface area contributed by atoms with E-state index in [4.69, 9.17) is 9.47 Å². The summed E-state index contributed by atoms with van der Waals surface area (Å²) in [5, 5.41) is 2.77. The molecule has 0 spiro atoms. The van der Waals surface area contributed by atoms with Gasteiger partial charge >= 0.3 is 0 Å². The van der Waals surface area contributed by atoms with Gasteiger partial charge in [-0.2, -0.15) is 0 Å². The molecule has 1 saturated heterocycles. The van der Waals surface area contributed by atoms with Crippen LogP contribution < -0.4 is 5.32 Å². The molecule has 1 N–H and O–H groups in total. The van der Waals surface area contributed by atoms with Crippen LogP contribution >= 0.6 is 0 Å². The summed E-state index contributed by atoms with van der Waals surface area (Å²) >= 11 is 0. The molecule has 1 fully saturated rings. The van der Waals surface area contributed by atoms with E-state index in [1.165, 1.54) is 6.07 Å². The lowest BCUT2D eigenvalue weighted by atomic mass is 9.96. The molecule has 20 heavy (non-hydrogen) atoms. The zero-order valence-electron chi connectivity index (χ0n) is 11.8. The maximum atomic E-state index is 14.1. The number of hydrogen-bond donors (Lipinski definition) is 1. The molecule has 1 aliphatic rings. The highest BCUT2D eigenvalue weighted by molar-refractivity contribution is 5.47. The minimum absolute atomic E-state index is 0.00303. The topological polar surface area (TPSA) is 47.6 Å². The molecule has 0 radical (unpaired) electrons. The van der Waals surface area contributed by atoms with Gasteiger partial charge in [0.05, 0.1) is 13.2 Å². The lowest BCUT2D eigenvalue weighted by molar-refractivity contribution is -0.110. The fourth-order valence-corrected chi connectivity index (χ4v) is 2.26. The number of carbonyl (C=O) groups is 1. The molecule has 0 aromatic heterocycles. The first-order chi connectivity index (χ1) is 9.61. The highest BCUT2D eigenvalue weighted by atomic mass is 19.1. The number of halogens is 1. The van der Waals surface area contributed by atoms with Crippen molar-refractivity contribution in [2.75, 3.05) is 13.2 Å². The van der Waals surface area contributed by atoms with Gasteiger partial charge in [0.15, 0.2) is 6.29 Å². The Balaban J connectivity index is 2.09. The maximum Gasteiger partial charge on any atom is 0.207 e. The standard InChI is InChI=1S/C15H20FNO3/c1-10(2)14(17-9-18)8-11-3-4-12(13(16)7-11)15-19-5-6-20-15/h3-4,7,9-10,14-15H,5-6,8H2,1-2H3,(H,17,18). The Kier molecular flexibility index (Phi) is 5.09. The second kappa shape index (κ2) is 6.81. The molecule has 1 amide bonds. The molecule has 1 heterocycles. The van der Waals surface area contributed by atoms with Crippen LogP contribution in [0.5, 0.6) is 0 Å². The van der Waals surface area contributed by atoms with E-state index < -0.39 is 6.29 Å².